The number of benzene rings is 2. The van der Waals surface area contributed by atoms with Crippen molar-refractivity contribution in [2.75, 3.05) is 26.2 Å². The van der Waals surface area contributed by atoms with Gasteiger partial charge in [0, 0.05) is 48.0 Å². The normalized spacial score (nSPS) is 19.8. The summed E-state index contributed by atoms with van der Waals surface area (Å²) in [5.74, 6) is 1.37. The monoisotopic (exact) mass is 514 g/mol. The van der Waals surface area contributed by atoms with E-state index in [2.05, 4.69) is 15.5 Å². The van der Waals surface area contributed by atoms with E-state index >= 15 is 0 Å². The van der Waals surface area contributed by atoms with Crippen LogP contribution in [0.4, 0.5) is 0 Å². The second-order valence-corrected chi connectivity index (χ2v) is 10.5. The Balaban J connectivity index is 1.26. The summed E-state index contributed by atoms with van der Waals surface area (Å²) in [5.41, 5.74) is 4.86. The fourth-order valence-corrected chi connectivity index (χ4v) is 5.98. The number of carbonyl (C=O) groups is 1. The van der Waals surface area contributed by atoms with Crippen LogP contribution in [0.3, 0.4) is 0 Å². The van der Waals surface area contributed by atoms with E-state index in [1.54, 1.807) is 0 Å². The Morgan fingerprint density at radius 3 is 2.78 bits per heavy atom. The summed E-state index contributed by atoms with van der Waals surface area (Å²) in [6, 6.07) is 21.9. The molecule has 0 spiro atoms. The number of pyridine rings is 1. The molecule has 2 aromatic heterocycles. The Kier molecular flexibility index (Phi) is 6.61. The summed E-state index contributed by atoms with van der Waals surface area (Å²) in [6.07, 6.45) is 4.30. The molecule has 2 bridgehead atoms. The lowest BCUT2D eigenvalue weighted by Gasteiger charge is -2.47. The number of halogens is 1. The molecule has 2 saturated heterocycles. The molecule has 2 unspecified atom stereocenters. The van der Waals surface area contributed by atoms with Gasteiger partial charge in [-0.15, -0.1) is 0 Å². The van der Waals surface area contributed by atoms with E-state index in [-0.39, 0.29) is 5.91 Å². The van der Waals surface area contributed by atoms with Gasteiger partial charge < -0.3 is 14.0 Å². The standard InChI is InChI=1S/C30H31ClN4O2/c1-2-37-26-7-5-6-23(17-26)30(36)34-18-21-13-15-33(25(16-21)19-34)20-27-29(22-9-11-24(31)12-10-22)32-28-8-3-4-14-35(27)28/h3-12,14,17,21,25H,2,13,15-16,18-20H2,1H3. The molecule has 2 fully saturated rings. The first-order chi connectivity index (χ1) is 18.1. The van der Waals surface area contributed by atoms with Crippen LogP contribution in [0.15, 0.2) is 72.9 Å². The average Bonchev–Trinajstić information content (AvgIpc) is 3.29. The average molecular weight is 515 g/mol. The van der Waals surface area contributed by atoms with Gasteiger partial charge in [0.1, 0.15) is 11.4 Å². The number of amides is 1. The lowest BCUT2D eigenvalue weighted by Crippen LogP contribution is -2.56. The van der Waals surface area contributed by atoms with Crippen molar-refractivity contribution in [1.82, 2.24) is 19.2 Å². The highest BCUT2D eigenvalue weighted by Crippen LogP contribution is 2.33. The van der Waals surface area contributed by atoms with Crippen molar-refractivity contribution in [3.8, 4) is 17.0 Å². The summed E-state index contributed by atoms with van der Waals surface area (Å²) >= 11 is 6.17. The molecule has 1 amide bonds. The Bertz CT molecular complexity index is 1420. The molecule has 4 heterocycles. The van der Waals surface area contributed by atoms with E-state index in [1.807, 2.05) is 78.6 Å². The minimum atomic E-state index is 0.0924. The number of rotatable bonds is 6. The molecule has 4 aromatic rings. The lowest BCUT2D eigenvalue weighted by molar-refractivity contribution is 0.0156. The maximum Gasteiger partial charge on any atom is 0.254 e. The molecule has 0 radical (unpaired) electrons. The van der Waals surface area contributed by atoms with Crippen LogP contribution >= 0.6 is 11.6 Å². The van der Waals surface area contributed by atoms with Gasteiger partial charge >= 0.3 is 0 Å². The van der Waals surface area contributed by atoms with Crippen LogP contribution in [0.2, 0.25) is 5.02 Å². The number of ether oxygens (including phenoxy) is 1. The molecule has 190 valence electrons. The van der Waals surface area contributed by atoms with E-state index in [4.69, 9.17) is 21.3 Å². The Morgan fingerprint density at radius 1 is 1.08 bits per heavy atom. The van der Waals surface area contributed by atoms with E-state index in [0.29, 0.717) is 24.1 Å². The Labute approximate surface area is 222 Å². The van der Waals surface area contributed by atoms with Crippen molar-refractivity contribution in [2.45, 2.75) is 32.4 Å². The third-order valence-electron chi connectivity index (χ3n) is 7.63. The summed E-state index contributed by atoms with van der Waals surface area (Å²) < 4.78 is 7.82. The first-order valence-corrected chi connectivity index (χ1v) is 13.4. The van der Waals surface area contributed by atoms with Crippen LogP contribution in [0.1, 0.15) is 35.8 Å². The quantitative estimate of drug-likeness (QED) is 0.327. The van der Waals surface area contributed by atoms with Gasteiger partial charge in [0.05, 0.1) is 18.0 Å². The first kappa shape index (κ1) is 24.0. The molecule has 6 nitrogen and oxygen atoms in total. The van der Waals surface area contributed by atoms with E-state index in [0.717, 1.165) is 66.7 Å². The molecule has 2 aliphatic heterocycles. The van der Waals surface area contributed by atoms with Crippen LogP contribution in [-0.4, -0.2) is 57.4 Å². The van der Waals surface area contributed by atoms with Crippen LogP contribution in [0.5, 0.6) is 5.75 Å². The van der Waals surface area contributed by atoms with Gasteiger partial charge in [0.15, 0.2) is 0 Å². The highest BCUT2D eigenvalue weighted by atomic mass is 35.5. The van der Waals surface area contributed by atoms with Crippen molar-refractivity contribution in [3.05, 3.63) is 89.2 Å². The van der Waals surface area contributed by atoms with Crippen molar-refractivity contribution in [3.63, 3.8) is 0 Å². The minimum Gasteiger partial charge on any atom is -0.494 e. The van der Waals surface area contributed by atoms with Gasteiger partial charge in [-0.05, 0) is 74.7 Å². The molecule has 37 heavy (non-hydrogen) atoms. The molecular weight excluding hydrogens is 484 g/mol. The number of nitrogens with zero attached hydrogens (tertiary/aromatic N) is 4. The molecule has 7 heteroatoms. The largest absolute Gasteiger partial charge is 0.494 e. The second kappa shape index (κ2) is 10.2. The topological polar surface area (TPSA) is 50.1 Å². The molecule has 2 aliphatic rings. The second-order valence-electron chi connectivity index (χ2n) is 10.0. The maximum absolute atomic E-state index is 13.5. The summed E-state index contributed by atoms with van der Waals surface area (Å²) in [4.78, 5) is 23.1. The molecule has 2 aromatic carbocycles. The highest BCUT2D eigenvalue weighted by Gasteiger charge is 2.37. The Morgan fingerprint density at radius 2 is 1.95 bits per heavy atom. The number of likely N-dealkylation sites (tertiary alicyclic amines) is 2. The number of carbonyl (C=O) groups excluding carboxylic acids is 1. The van der Waals surface area contributed by atoms with Gasteiger partial charge in [0.2, 0.25) is 0 Å². The van der Waals surface area contributed by atoms with Crippen LogP contribution in [0.25, 0.3) is 16.9 Å². The van der Waals surface area contributed by atoms with Gasteiger partial charge in [0.25, 0.3) is 5.91 Å². The predicted molar refractivity (Wildman–Crippen MR) is 146 cm³/mol. The molecule has 2 atom stereocenters. The predicted octanol–water partition coefficient (Wildman–Crippen LogP) is 5.79. The Hall–Kier alpha value is -3.35. The zero-order valence-corrected chi connectivity index (χ0v) is 21.8. The fourth-order valence-electron chi connectivity index (χ4n) is 5.85. The van der Waals surface area contributed by atoms with Crippen molar-refractivity contribution < 1.29 is 9.53 Å². The summed E-state index contributed by atoms with van der Waals surface area (Å²) in [7, 11) is 0. The van der Waals surface area contributed by atoms with Crippen LogP contribution in [0, 0.1) is 5.92 Å². The number of aromatic nitrogens is 2. The van der Waals surface area contributed by atoms with Crippen LogP contribution < -0.4 is 4.74 Å². The molecule has 0 N–H and O–H groups in total. The van der Waals surface area contributed by atoms with Gasteiger partial charge in [-0.3, -0.25) is 9.69 Å². The van der Waals surface area contributed by atoms with Crippen molar-refractivity contribution in [2.24, 2.45) is 5.92 Å². The molecule has 0 aliphatic carbocycles. The maximum atomic E-state index is 13.5. The fraction of sp³-hybridized carbons (Fsp3) is 0.333. The molecular formula is C30H31ClN4O2. The minimum absolute atomic E-state index is 0.0924. The lowest BCUT2D eigenvalue weighted by atomic mass is 9.86. The SMILES string of the molecule is CCOc1cccc(C(=O)N2CC3CCN(Cc4c(-c5ccc(Cl)cc5)nc5ccccn45)C(C3)C2)c1. The van der Waals surface area contributed by atoms with Gasteiger partial charge in [-0.1, -0.05) is 35.9 Å². The molecule has 0 saturated carbocycles. The zero-order valence-electron chi connectivity index (χ0n) is 21.0. The summed E-state index contributed by atoms with van der Waals surface area (Å²) in [6.45, 7) is 5.91. The zero-order chi connectivity index (χ0) is 25.4. The van der Waals surface area contributed by atoms with Gasteiger partial charge in [-0.25, -0.2) is 4.98 Å². The van der Waals surface area contributed by atoms with Crippen molar-refractivity contribution >= 4 is 23.2 Å². The number of hydrogen-bond donors (Lipinski definition) is 0. The van der Waals surface area contributed by atoms with Gasteiger partial charge in [-0.2, -0.15) is 0 Å². The highest BCUT2D eigenvalue weighted by molar-refractivity contribution is 6.30. The third kappa shape index (κ3) is 4.83. The number of fused-ring (bicyclic) bond motifs is 3. The number of hydrogen-bond acceptors (Lipinski definition) is 4. The van der Waals surface area contributed by atoms with E-state index in [1.165, 1.54) is 5.69 Å². The first-order valence-electron chi connectivity index (χ1n) is 13.1. The number of piperidine rings is 2. The van der Waals surface area contributed by atoms with E-state index < -0.39 is 0 Å². The smallest absolute Gasteiger partial charge is 0.254 e. The third-order valence-corrected chi connectivity index (χ3v) is 7.89. The molecule has 6 rings (SSSR count). The van der Waals surface area contributed by atoms with E-state index in [9.17, 15) is 4.79 Å². The van der Waals surface area contributed by atoms with Crippen LogP contribution in [-0.2, 0) is 6.54 Å². The summed E-state index contributed by atoms with van der Waals surface area (Å²) in [5, 5.41) is 0.717. The van der Waals surface area contributed by atoms with Crippen molar-refractivity contribution in [1.29, 1.82) is 0 Å². The number of imidazole rings is 1.